The van der Waals surface area contributed by atoms with Crippen LogP contribution in [-0.4, -0.2) is 0 Å². The molecule has 13 heavy (non-hydrogen) atoms. The summed E-state index contributed by atoms with van der Waals surface area (Å²) in [5.74, 6) is 0. The molecule has 1 aromatic carbocycles. The van der Waals surface area contributed by atoms with Crippen molar-refractivity contribution in [1.29, 1.82) is 0 Å². The predicted molar refractivity (Wildman–Crippen MR) is 58.5 cm³/mol. The highest BCUT2D eigenvalue weighted by Crippen LogP contribution is 2.36. The van der Waals surface area contributed by atoms with Crippen molar-refractivity contribution in [3.05, 3.63) is 34.3 Å². The van der Waals surface area contributed by atoms with Crippen molar-refractivity contribution in [3.8, 4) is 0 Å². The van der Waals surface area contributed by atoms with E-state index in [1.54, 1.807) is 0 Å². The van der Waals surface area contributed by atoms with Gasteiger partial charge in [0, 0.05) is 10.0 Å². The van der Waals surface area contributed by atoms with E-state index >= 15 is 0 Å². The Labute approximate surface area is 87.5 Å². The van der Waals surface area contributed by atoms with Gasteiger partial charge >= 0.3 is 0 Å². The van der Waals surface area contributed by atoms with E-state index in [4.69, 9.17) is 5.73 Å². The highest BCUT2D eigenvalue weighted by Gasteiger charge is 2.30. The van der Waals surface area contributed by atoms with Gasteiger partial charge in [-0.1, -0.05) is 40.9 Å². The van der Waals surface area contributed by atoms with Crippen molar-refractivity contribution in [3.63, 3.8) is 0 Å². The van der Waals surface area contributed by atoms with Gasteiger partial charge < -0.3 is 5.73 Å². The molecule has 2 N–H and O–H groups in total. The van der Waals surface area contributed by atoms with Crippen molar-refractivity contribution >= 4 is 15.9 Å². The molecule has 70 valence electrons. The number of benzene rings is 1. The summed E-state index contributed by atoms with van der Waals surface area (Å²) in [6.07, 6.45) is 4.79. The van der Waals surface area contributed by atoms with Gasteiger partial charge in [0.1, 0.15) is 0 Å². The van der Waals surface area contributed by atoms with Gasteiger partial charge in [-0.05, 0) is 30.5 Å². The molecule has 0 radical (unpaired) electrons. The molecule has 1 aromatic rings. The maximum absolute atomic E-state index is 6.33. The summed E-state index contributed by atoms with van der Waals surface area (Å²) in [6, 6.07) is 8.38. The monoisotopic (exact) mass is 239 g/mol. The van der Waals surface area contributed by atoms with Crippen LogP contribution >= 0.6 is 15.9 Å². The average Bonchev–Trinajstić information content (AvgIpc) is 2.54. The van der Waals surface area contributed by atoms with Crippen LogP contribution in [-0.2, 0) is 5.54 Å². The van der Waals surface area contributed by atoms with Crippen molar-refractivity contribution in [2.24, 2.45) is 5.73 Å². The molecule has 0 bridgehead atoms. The lowest BCUT2D eigenvalue weighted by Gasteiger charge is -2.24. The summed E-state index contributed by atoms with van der Waals surface area (Å²) in [6.45, 7) is 0. The quantitative estimate of drug-likeness (QED) is 0.801. The zero-order valence-electron chi connectivity index (χ0n) is 7.59. The second-order valence-corrected chi connectivity index (χ2v) is 4.79. The van der Waals surface area contributed by atoms with E-state index in [1.807, 2.05) is 6.07 Å². The topological polar surface area (TPSA) is 26.0 Å². The number of nitrogens with two attached hydrogens (primary N) is 1. The summed E-state index contributed by atoms with van der Waals surface area (Å²) < 4.78 is 1.13. The maximum atomic E-state index is 6.33. The van der Waals surface area contributed by atoms with Gasteiger partial charge in [0.2, 0.25) is 0 Å². The van der Waals surface area contributed by atoms with Crippen LogP contribution in [0.3, 0.4) is 0 Å². The van der Waals surface area contributed by atoms with Gasteiger partial charge in [-0.15, -0.1) is 0 Å². The first-order valence-electron chi connectivity index (χ1n) is 4.76. The zero-order valence-corrected chi connectivity index (χ0v) is 9.18. The van der Waals surface area contributed by atoms with Gasteiger partial charge in [-0.25, -0.2) is 0 Å². The SMILES string of the molecule is NC1(c2cccc(Br)c2)CCCC1. The standard InChI is InChI=1S/C11H14BrN/c12-10-5-3-4-9(8-10)11(13)6-1-2-7-11/h3-5,8H,1-2,6-7,13H2. The Morgan fingerprint density at radius 1 is 1.23 bits per heavy atom. The molecule has 1 nitrogen and oxygen atoms in total. The van der Waals surface area contributed by atoms with E-state index in [9.17, 15) is 0 Å². The van der Waals surface area contributed by atoms with E-state index in [0.29, 0.717) is 0 Å². The van der Waals surface area contributed by atoms with E-state index in [-0.39, 0.29) is 5.54 Å². The van der Waals surface area contributed by atoms with E-state index in [0.717, 1.165) is 17.3 Å². The third kappa shape index (κ3) is 1.79. The average molecular weight is 240 g/mol. The lowest BCUT2D eigenvalue weighted by atomic mass is 9.90. The van der Waals surface area contributed by atoms with Crippen LogP contribution in [0.25, 0.3) is 0 Å². The molecule has 1 aliphatic rings. The largest absolute Gasteiger partial charge is 0.321 e. The van der Waals surface area contributed by atoms with Crippen LogP contribution in [0.5, 0.6) is 0 Å². The molecule has 0 saturated heterocycles. The molecule has 0 heterocycles. The van der Waals surface area contributed by atoms with Gasteiger partial charge in [-0.3, -0.25) is 0 Å². The van der Waals surface area contributed by atoms with Crippen LogP contribution in [0.1, 0.15) is 31.2 Å². The molecule has 1 aliphatic carbocycles. The van der Waals surface area contributed by atoms with Gasteiger partial charge in [0.05, 0.1) is 0 Å². The van der Waals surface area contributed by atoms with E-state index in [1.165, 1.54) is 18.4 Å². The molecule has 1 fully saturated rings. The lowest BCUT2D eigenvalue weighted by molar-refractivity contribution is 0.461. The number of hydrogen-bond acceptors (Lipinski definition) is 1. The molecule has 0 aromatic heterocycles. The number of hydrogen-bond donors (Lipinski definition) is 1. The van der Waals surface area contributed by atoms with Crippen LogP contribution in [0.4, 0.5) is 0 Å². The Balaban J connectivity index is 2.33. The van der Waals surface area contributed by atoms with Crippen molar-refractivity contribution in [1.82, 2.24) is 0 Å². The summed E-state index contributed by atoms with van der Waals surface area (Å²) in [5, 5.41) is 0. The fraction of sp³-hybridized carbons (Fsp3) is 0.455. The minimum atomic E-state index is -0.0518. The van der Waals surface area contributed by atoms with Gasteiger partial charge in [-0.2, -0.15) is 0 Å². The van der Waals surface area contributed by atoms with Crippen molar-refractivity contribution in [2.45, 2.75) is 31.2 Å². The summed E-state index contributed by atoms with van der Waals surface area (Å²) in [5.41, 5.74) is 7.55. The Morgan fingerprint density at radius 2 is 1.92 bits per heavy atom. The third-order valence-electron chi connectivity index (χ3n) is 2.90. The van der Waals surface area contributed by atoms with E-state index in [2.05, 4.69) is 34.1 Å². The second kappa shape index (κ2) is 3.43. The molecular formula is C11H14BrN. The first kappa shape index (κ1) is 9.22. The van der Waals surface area contributed by atoms with Crippen LogP contribution in [0, 0.1) is 0 Å². The molecule has 0 amide bonds. The van der Waals surface area contributed by atoms with Crippen LogP contribution < -0.4 is 5.73 Å². The molecule has 0 unspecified atom stereocenters. The molecule has 2 rings (SSSR count). The maximum Gasteiger partial charge on any atom is 0.0410 e. The first-order chi connectivity index (χ1) is 6.21. The van der Waals surface area contributed by atoms with Crippen molar-refractivity contribution < 1.29 is 0 Å². The number of halogens is 1. The molecule has 0 spiro atoms. The summed E-state index contributed by atoms with van der Waals surface area (Å²) >= 11 is 3.48. The second-order valence-electron chi connectivity index (χ2n) is 3.87. The lowest BCUT2D eigenvalue weighted by Crippen LogP contribution is -2.32. The fourth-order valence-corrected chi connectivity index (χ4v) is 2.49. The predicted octanol–water partition coefficient (Wildman–Crippen LogP) is 3.18. The fourth-order valence-electron chi connectivity index (χ4n) is 2.09. The molecule has 0 aliphatic heterocycles. The van der Waals surface area contributed by atoms with Crippen LogP contribution in [0.2, 0.25) is 0 Å². The Morgan fingerprint density at radius 3 is 2.54 bits per heavy atom. The van der Waals surface area contributed by atoms with E-state index < -0.39 is 0 Å². The molecule has 1 saturated carbocycles. The Kier molecular flexibility index (Phi) is 2.43. The van der Waals surface area contributed by atoms with Crippen LogP contribution in [0.15, 0.2) is 28.7 Å². The smallest absolute Gasteiger partial charge is 0.0410 e. The molecule has 0 atom stereocenters. The molecule has 2 heteroatoms. The summed E-state index contributed by atoms with van der Waals surface area (Å²) in [4.78, 5) is 0. The number of rotatable bonds is 1. The Bertz CT molecular complexity index is 303. The minimum absolute atomic E-state index is 0.0518. The highest BCUT2D eigenvalue weighted by atomic mass is 79.9. The van der Waals surface area contributed by atoms with Gasteiger partial charge in [0.15, 0.2) is 0 Å². The molecular weight excluding hydrogens is 226 g/mol. The Hall–Kier alpha value is -0.340. The highest BCUT2D eigenvalue weighted by molar-refractivity contribution is 9.10. The van der Waals surface area contributed by atoms with Crippen molar-refractivity contribution in [2.75, 3.05) is 0 Å². The minimum Gasteiger partial charge on any atom is -0.321 e. The third-order valence-corrected chi connectivity index (χ3v) is 3.39. The van der Waals surface area contributed by atoms with Gasteiger partial charge in [0.25, 0.3) is 0 Å². The summed E-state index contributed by atoms with van der Waals surface area (Å²) in [7, 11) is 0. The normalized spacial score (nSPS) is 20.5. The first-order valence-corrected chi connectivity index (χ1v) is 5.55. The zero-order chi connectivity index (χ0) is 9.31.